The molecule has 0 aliphatic heterocycles. The van der Waals surface area contributed by atoms with Crippen molar-refractivity contribution in [1.29, 1.82) is 0 Å². The smallest absolute Gasteiger partial charge is 0.133 e. The maximum atomic E-state index is 6.21. The fourth-order valence-electron chi connectivity index (χ4n) is 2.34. The molecule has 3 heteroatoms. The summed E-state index contributed by atoms with van der Waals surface area (Å²) >= 11 is 6.21. The molecule has 0 bridgehead atoms. The van der Waals surface area contributed by atoms with Crippen LogP contribution in [-0.4, -0.2) is 4.98 Å². The van der Waals surface area contributed by atoms with E-state index in [-0.39, 0.29) is 0 Å². The quantitative estimate of drug-likeness (QED) is 0.692. The van der Waals surface area contributed by atoms with Gasteiger partial charge >= 0.3 is 0 Å². The van der Waals surface area contributed by atoms with Crippen molar-refractivity contribution in [3.8, 4) is 11.1 Å². The molecule has 2 nitrogen and oxygen atoms in total. The Hall–Kier alpha value is -2.16. The number of benzene rings is 2. The topological polar surface area (TPSA) is 24.9 Å². The molecule has 0 saturated heterocycles. The number of nitrogens with zero attached hydrogens (tertiary/aromatic N) is 1. The zero-order chi connectivity index (χ0) is 15.2. The Morgan fingerprint density at radius 1 is 0.818 bits per heavy atom. The van der Waals surface area contributed by atoms with Crippen LogP contribution in [0.15, 0.2) is 72.9 Å². The second kappa shape index (κ2) is 7.21. The summed E-state index contributed by atoms with van der Waals surface area (Å²) in [5, 5.41) is 3.97. The summed E-state index contributed by atoms with van der Waals surface area (Å²) in [5.41, 5.74) is 4.50. The van der Waals surface area contributed by atoms with Gasteiger partial charge in [0, 0.05) is 30.4 Å². The van der Waals surface area contributed by atoms with Gasteiger partial charge in [0.05, 0.1) is 0 Å². The normalized spacial score (nSPS) is 10.6. The number of pyridine rings is 1. The van der Waals surface area contributed by atoms with Crippen molar-refractivity contribution in [1.82, 2.24) is 10.3 Å². The van der Waals surface area contributed by atoms with E-state index in [4.69, 9.17) is 11.6 Å². The predicted octanol–water partition coefficient (Wildman–Crippen LogP) is 4.69. The van der Waals surface area contributed by atoms with Gasteiger partial charge in [0.15, 0.2) is 0 Å². The summed E-state index contributed by atoms with van der Waals surface area (Å²) in [7, 11) is 0. The number of nitrogens with one attached hydrogen (secondary N) is 1. The number of rotatable bonds is 5. The van der Waals surface area contributed by atoms with E-state index in [1.54, 1.807) is 0 Å². The molecule has 0 radical (unpaired) electrons. The molecule has 1 N–H and O–H groups in total. The van der Waals surface area contributed by atoms with Gasteiger partial charge in [0.1, 0.15) is 5.15 Å². The molecule has 1 heterocycles. The zero-order valence-electron chi connectivity index (χ0n) is 12.2. The molecule has 1 aromatic heterocycles. The van der Waals surface area contributed by atoms with E-state index in [9.17, 15) is 0 Å². The number of hydrogen-bond acceptors (Lipinski definition) is 2. The molecule has 110 valence electrons. The van der Waals surface area contributed by atoms with Crippen LogP contribution in [0.2, 0.25) is 5.15 Å². The largest absolute Gasteiger partial charge is 0.309 e. The summed E-state index contributed by atoms with van der Waals surface area (Å²) in [5.74, 6) is 0. The molecule has 22 heavy (non-hydrogen) atoms. The first-order chi connectivity index (χ1) is 10.8. The number of aromatic nitrogens is 1. The Bertz CT molecular complexity index is 727. The molecule has 0 atom stereocenters. The van der Waals surface area contributed by atoms with Crippen molar-refractivity contribution < 1.29 is 0 Å². The van der Waals surface area contributed by atoms with Gasteiger partial charge in [0.25, 0.3) is 0 Å². The summed E-state index contributed by atoms with van der Waals surface area (Å²) in [6, 6.07) is 22.6. The van der Waals surface area contributed by atoms with Crippen LogP contribution < -0.4 is 5.32 Å². The van der Waals surface area contributed by atoms with E-state index < -0.39 is 0 Å². The van der Waals surface area contributed by atoms with Crippen LogP contribution in [-0.2, 0) is 13.1 Å². The van der Waals surface area contributed by atoms with E-state index in [0.717, 1.165) is 23.2 Å². The molecular formula is C19H17ClN2. The van der Waals surface area contributed by atoms with Crippen molar-refractivity contribution in [3.05, 3.63) is 89.2 Å². The Balaban J connectivity index is 1.71. The SMILES string of the molecule is Clc1ncc(-c2ccccc2)cc1CNCc1ccccc1. The molecule has 2 aromatic carbocycles. The van der Waals surface area contributed by atoms with Gasteiger partial charge in [-0.2, -0.15) is 0 Å². The van der Waals surface area contributed by atoms with Crippen LogP contribution >= 0.6 is 11.6 Å². The van der Waals surface area contributed by atoms with Gasteiger partial charge in [-0.25, -0.2) is 4.98 Å². The fraction of sp³-hybridized carbons (Fsp3) is 0.105. The lowest BCUT2D eigenvalue weighted by Crippen LogP contribution is -2.13. The van der Waals surface area contributed by atoms with Gasteiger partial charge in [0.2, 0.25) is 0 Å². The third-order valence-corrected chi connectivity index (χ3v) is 3.85. The first-order valence-electron chi connectivity index (χ1n) is 7.27. The van der Waals surface area contributed by atoms with Crippen molar-refractivity contribution in [2.75, 3.05) is 0 Å². The van der Waals surface area contributed by atoms with Crippen LogP contribution in [0.4, 0.5) is 0 Å². The highest BCUT2D eigenvalue weighted by atomic mass is 35.5. The third-order valence-electron chi connectivity index (χ3n) is 3.51. The predicted molar refractivity (Wildman–Crippen MR) is 91.7 cm³/mol. The van der Waals surface area contributed by atoms with E-state index in [1.165, 1.54) is 5.56 Å². The molecule has 0 aliphatic carbocycles. The van der Waals surface area contributed by atoms with E-state index in [0.29, 0.717) is 11.7 Å². The Kier molecular flexibility index (Phi) is 4.84. The van der Waals surface area contributed by atoms with E-state index in [1.807, 2.05) is 42.6 Å². The number of hydrogen-bond donors (Lipinski definition) is 1. The third kappa shape index (κ3) is 3.73. The van der Waals surface area contributed by atoms with Gasteiger partial charge in [-0.15, -0.1) is 0 Å². The maximum Gasteiger partial charge on any atom is 0.133 e. The van der Waals surface area contributed by atoms with Gasteiger partial charge in [-0.1, -0.05) is 72.3 Å². The summed E-state index contributed by atoms with van der Waals surface area (Å²) in [6.07, 6.45) is 1.82. The molecule has 3 rings (SSSR count). The van der Waals surface area contributed by atoms with Crippen LogP contribution in [0.5, 0.6) is 0 Å². The van der Waals surface area contributed by atoms with E-state index in [2.05, 4.69) is 40.6 Å². The lowest BCUT2D eigenvalue weighted by Gasteiger charge is -2.09. The highest BCUT2D eigenvalue weighted by Crippen LogP contribution is 2.22. The van der Waals surface area contributed by atoms with Gasteiger partial charge < -0.3 is 5.32 Å². The van der Waals surface area contributed by atoms with Crippen LogP contribution in [0.1, 0.15) is 11.1 Å². The summed E-state index contributed by atoms with van der Waals surface area (Å²) in [4.78, 5) is 4.31. The van der Waals surface area contributed by atoms with Crippen molar-refractivity contribution in [2.45, 2.75) is 13.1 Å². The average molecular weight is 309 g/mol. The molecule has 3 aromatic rings. The molecular weight excluding hydrogens is 292 g/mol. The minimum atomic E-state index is 0.556. The lowest BCUT2D eigenvalue weighted by molar-refractivity contribution is 0.692. The molecule has 0 spiro atoms. The molecule has 0 unspecified atom stereocenters. The fourth-order valence-corrected chi connectivity index (χ4v) is 2.51. The van der Waals surface area contributed by atoms with Crippen molar-refractivity contribution >= 4 is 11.6 Å². The minimum absolute atomic E-state index is 0.556. The molecule has 0 aliphatic rings. The van der Waals surface area contributed by atoms with Crippen LogP contribution in [0, 0.1) is 0 Å². The average Bonchev–Trinajstić information content (AvgIpc) is 2.58. The summed E-state index contributed by atoms with van der Waals surface area (Å²) in [6.45, 7) is 1.51. The highest BCUT2D eigenvalue weighted by Gasteiger charge is 2.05. The molecule has 0 saturated carbocycles. The lowest BCUT2D eigenvalue weighted by atomic mass is 10.1. The summed E-state index contributed by atoms with van der Waals surface area (Å²) < 4.78 is 0. The second-order valence-corrected chi connectivity index (χ2v) is 5.49. The Labute approximate surface area is 135 Å². The zero-order valence-corrected chi connectivity index (χ0v) is 12.9. The Morgan fingerprint density at radius 2 is 1.50 bits per heavy atom. The standard InChI is InChI=1S/C19H17ClN2/c20-19-18(13-21-12-15-7-3-1-4-8-15)11-17(14-22-19)16-9-5-2-6-10-16/h1-11,14,21H,12-13H2. The number of halogens is 1. The highest BCUT2D eigenvalue weighted by molar-refractivity contribution is 6.30. The van der Waals surface area contributed by atoms with Crippen molar-refractivity contribution in [2.24, 2.45) is 0 Å². The Morgan fingerprint density at radius 3 is 2.23 bits per heavy atom. The van der Waals surface area contributed by atoms with Gasteiger partial charge in [-0.3, -0.25) is 0 Å². The van der Waals surface area contributed by atoms with Crippen LogP contribution in [0.25, 0.3) is 11.1 Å². The monoisotopic (exact) mass is 308 g/mol. The first kappa shape index (κ1) is 14.8. The molecule has 0 amide bonds. The van der Waals surface area contributed by atoms with Crippen molar-refractivity contribution in [3.63, 3.8) is 0 Å². The van der Waals surface area contributed by atoms with Gasteiger partial charge in [-0.05, 0) is 17.2 Å². The first-order valence-corrected chi connectivity index (χ1v) is 7.65. The molecule has 0 fully saturated rings. The van der Waals surface area contributed by atoms with Crippen LogP contribution in [0.3, 0.4) is 0 Å². The minimum Gasteiger partial charge on any atom is -0.309 e. The second-order valence-electron chi connectivity index (χ2n) is 5.13. The van der Waals surface area contributed by atoms with E-state index >= 15 is 0 Å². The maximum absolute atomic E-state index is 6.21.